The van der Waals surface area contributed by atoms with Crippen LogP contribution in [0.4, 0.5) is 5.69 Å². The summed E-state index contributed by atoms with van der Waals surface area (Å²) in [6.45, 7) is 2.15. The van der Waals surface area contributed by atoms with Gasteiger partial charge in [-0.05, 0) is 31.2 Å². The Bertz CT molecular complexity index is 502. The topological polar surface area (TPSA) is 56.7 Å². The molecule has 2 rings (SSSR count). The molecule has 0 aliphatic heterocycles. The number of rotatable bonds is 2. The molecule has 0 atom stereocenters. The van der Waals surface area contributed by atoms with Gasteiger partial charge in [-0.25, -0.2) is 4.79 Å². The smallest absolute Gasteiger partial charge is 0.355 e. The van der Waals surface area contributed by atoms with Crippen LogP contribution < -0.4 is 5.73 Å². The molecular formula is C11H12N2O2. The molecular weight excluding hydrogens is 192 g/mol. The summed E-state index contributed by atoms with van der Waals surface area (Å²) in [5.41, 5.74) is 7.74. The number of nitrogen functional groups attached to an aromatic ring is 1. The lowest BCUT2D eigenvalue weighted by Gasteiger charge is -2.03. The van der Waals surface area contributed by atoms with Crippen LogP contribution in [0.3, 0.4) is 0 Å². The number of anilines is 1. The zero-order chi connectivity index (χ0) is 10.8. The molecule has 0 spiro atoms. The number of carbonyl (C=O) groups is 1. The number of hydrogen-bond donors (Lipinski definition) is 1. The minimum atomic E-state index is -0.330. The van der Waals surface area contributed by atoms with E-state index in [0.29, 0.717) is 18.0 Å². The third kappa shape index (κ3) is 1.54. The largest absolute Gasteiger partial charge is 0.461 e. The molecule has 0 aliphatic rings. The van der Waals surface area contributed by atoms with Gasteiger partial charge in [-0.2, -0.15) is 0 Å². The lowest BCUT2D eigenvalue weighted by molar-refractivity contribution is 0.0518. The first-order valence-electron chi connectivity index (χ1n) is 4.76. The predicted octanol–water partition coefficient (Wildman–Crippen LogP) is 1.70. The summed E-state index contributed by atoms with van der Waals surface area (Å²) in [5.74, 6) is -0.330. The molecule has 0 bridgehead atoms. The average molecular weight is 204 g/mol. The summed E-state index contributed by atoms with van der Waals surface area (Å²) < 4.78 is 6.66. The molecule has 0 aromatic carbocycles. The van der Waals surface area contributed by atoms with E-state index in [4.69, 9.17) is 10.5 Å². The van der Waals surface area contributed by atoms with Crippen molar-refractivity contribution in [1.29, 1.82) is 0 Å². The summed E-state index contributed by atoms with van der Waals surface area (Å²) >= 11 is 0. The van der Waals surface area contributed by atoms with Crippen LogP contribution in [0.1, 0.15) is 17.4 Å². The van der Waals surface area contributed by atoms with Gasteiger partial charge in [0, 0.05) is 6.20 Å². The molecule has 0 aliphatic carbocycles. The maximum Gasteiger partial charge on any atom is 0.355 e. The van der Waals surface area contributed by atoms with Crippen LogP contribution in [0, 0.1) is 0 Å². The van der Waals surface area contributed by atoms with Gasteiger partial charge in [-0.3, -0.25) is 0 Å². The van der Waals surface area contributed by atoms with Crippen LogP contribution in [-0.2, 0) is 4.74 Å². The van der Waals surface area contributed by atoms with Gasteiger partial charge in [-0.1, -0.05) is 0 Å². The minimum absolute atomic E-state index is 0.330. The number of aromatic nitrogens is 1. The molecule has 0 unspecified atom stereocenters. The van der Waals surface area contributed by atoms with Gasteiger partial charge < -0.3 is 14.9 Å². The van der Waals surface area contributed by atoms with Crippen molar-refractivity contribution in [3.63, 3.8) is 0 Å². The van der Waals surface area contributed by atoms with E-state index in [9.17, 15) is 4.79 Å². The van der Waals surface area contributed by atoms with Crippen molar-refractivity contribution < 1.29 is 9.53 Å². The van der Waals surface area contributed by atoms with E-state index in [0.717, 1.165) is 5.52 Å². The van der Waals surface area contributed by atoms with Gasteiger partial charge in [0.15, 0.2) is 0 Å². The molecule has 0 saturated heterocycles. The molecule has 2 N–H and O–H groups in total. The van der Waals surface area contributed by atoms with Gasteiger partial charge in [0.1, 0.15) is 5.69 Å². The molecule has 15 heavy (non-hydrogen) atoms. The lowest BCUT2D eigenvalue weighted by atomic mass is 10.3. The number of esters is 1. The second kappa shape index (κ2) is 3.65. The summed E-state index contributed by atoms with van der Waals surface area (Å²) in [7, 11) is 0. The zero-order valence-electron chi connectivity index (χ0n) is 8.43. The molecule has 0 radical (unpaired) electrons. The van der Waals surface area contributed by atoms with E-state index >= 15 is 0 Å². The van der Waals surface area contributed by atoms with Crippen LogP contribution in [0.25, 0.3) is 5.52 Å². The minimum Gasteiger partial charge on any atom is -0.461 e. The Labute approximate surface area is 87.3 Å². The van der Waals surface area contributed by atoms with E-state index < -0.39 is 0 Å². The van der Waals surface area contributed by atoms with Crippen molar-refractivity contribution in [2.45, 2.75) is 6.92 Å². The second-order valence-electron chi connectivity index (χ2n) is 3.16. The molecule has 2 aromatic heterocycles. The Morgan fingerprint density at radius 3 is 3.00 bits per heavy atom. The molecule has 78 valence electrons. The predicted molar refractivity (Wildman–Crippen MR) is 57.8 cm³/mol. The van der Waals surface area contributed by atoms with Crippen molar-refractivity contribution in [3.05, 3.63) is 36.2 Å². The molecule has 2 aromatic rings. The van der Waals surface area contributed by atoms with Gasteiger partial charge in [-0.15, -0.1) is 0 Å². The van der Waals surface area contributed by atoms with Crippen LogP contribution in [-0.4, -0.2) is 17.0 Å². The monoisotopic (exact) mass is 204 g/mol. The Kier molecular flexibility index (Phi) is 2.33. The number of ether oxygens (including phenoxy) is 1. The first kappa shape index (κ1) is 9.58. The summed E-state index contributed by atoms with van der Waals surface area (Å²) in [4.78, 5) is 11.5. The van der Waals surface area contributed by atoms with Gasteiger partial charge in [0.2, 0.25) is 0 Å². The molecule has 2 heterocycles. The highest BCUT2D eigenvalue weighted by Crippen LogP contribution is 2.17. The van der Waals surface area contributed by atoms with Crippen LogP contribution in [0.5, 0.6) is 0 Å². The summed E-state index contributed by atoms with van der Waals surface area (Å²) in [6, 6.07) is 7.11. The highest BCUT2D eigenvalue weighted by atomic mass is 16.5. The standard InChI is InChI=1S/C11H12N2O2/c1-2-15-11(14)10-6-5-9-8(12)4-3-7-13(9)10/h3-7H,2,12H2,1H3. The Morgan fingerprint density at radius 1 is 1.47 bits per heavy atom. The van der Waals surface area contributed by atoms with E-state index in [2.05, 4.69) is 0 Å². The number of carbonyl (C=O) groups excluding carboxylic acids is 1. The highest BCUT2D eigenvalue weighted by molar-refractivity contribution is 5.90. The quantitative estimate of drug-likeness (QED) is 0.757. The van der Waals surface area contributed by atoms with E-state index in [1.165, 1.54) is 0 Å². The number of nitrogens with two attached hydrogens (primary N) is 1. The van der Waals surface area contributed by atoms with E-state index in [1.54, 1.807) is 35.7 Å². The van der Waals surface area contributed by atoms with Crippen molar-refractivity contribution in [3.8, 4) is 0 Å². The lowest BCUT2D eigenvalue weighted by Crippen LogP contribution is -2.07. The molecule has 4 nitrogen and oxygen atoms in total. The third-order valence-electron chi connectivity index (χ3n) is 2.21. The molecule has 0 saturated carbocycles. The van der Waals surface area contributed by atoms with Gasteiger partial charge in [0.05, 0.1) is 17.8 Å². The number of fused-ring (bicyclic) bond motifs is 1. The maximum absolute atomic E-state index is 11.5. The van der Waals surface area contributed by atoms with Crippen molar-refractivity contribution in [2.75, 3.05) is 12.3 Å². The van der Waals surface area contributed by atoms with E-state index in [1.807, 2.05) is 6.07 Å². The van der Waals surface area contributed by atoms with Crippen LogP contribution >= 0.6 is 0 Å². The Hall–Kier alpha value is -1.97. The summed E-state index contributed by atoms with van der Waals surface area (Å²) in [6.07, 6.45) is 1.79. The average Bonchev–Trinajstić information content (AvgIpc) is 2.63. The Balaban J connectivity index is 2.54. The second-order valence-corrected chi connectivity index (χ2v) is 3.16. The van der Waals surface area contributed by atoms with Crippen LogP contribution in [0.2, 0.25) is 0 Å². The first-order valence-corrected chi connectivity index (χ1v) is 4.76. The van der Waals surface area contributed by atoms with Crippen LogP contribution in [0.15, 0.2) is 30.5 Å². The molecule has 0 amide bonds. The van der Waals surface area contributed by atoms with Gasteiger partial charge >= 0.3 is 5.97 Å². The van der Waals surface area contributed by atoms with E-state index in [-0.39, 0.29) is 5.97 Å². The zero-order valence-corrected chi connectivity index (χ0v) is 8.43. The number of hydrogen-bond acceptors (Lipinski definition) is 3. The third-order valence-corrected chi connectivity index (χ3v) is 2.21. The maximum atomic E-state index is 11.5. The van der Waals surface area contributed by atoms with Crippen molar-refractivity contribution >= 4 is 17.2 Å². The van der Waals surface area contributed by atoms with Crippen molar-refractivity contribution in [1.82, 2.24) is 4.40 Å². The molecule has 0 fully saturated rings. The first-order chi connectivity index (χ1) is 7.24. The number of pyridine rings is 1. The fourth-order valence-corrected chi connectivity index (χ4v) is 1.53. The van der Waals surface area contributed by atoms with Crippen molar-refractivity contribution in [2.24, 2.45) is 0 Å². The Morgan fingerprint density at radius 2 is 2.27 bits per heavy atom. The number of nitrogens with zero attached hydrogens (tertiary/aromatic N) is 1. The normalized spacial score (nSPS) is 10.5. The summed E-state index contributed by atoms with van der Waals surface area (Å²) in [5, 5.41) is 0. The fourth-order valence-electron chi connectivity index (χ4n) is 1.53. The highest BCUT2D eigenvalue weighted by Gasteiger charge is 2.11. The SMILES string of the molecule is CCOC(=O)c1ccc2c(N)cccn12. The molecule has 4 heteroatoms. The van der Waals surface area contributed by atoms with Gasteiger partial charge in [0.25, 0.3) is 0 Å². The fraction of sp³-hybridized carbons (Fsp3) is 0.182.